The van der Waals surface area contributed by atoms with Gasteiger partial charge in [0.1, 0.15) is 6.61 Å². The van der Waals surface area contributed by atoms with Crippen molar-refractivity contribution in [3.63, 3.8) is 0 Å². The molecule has 0 saturated carbocycles. The largest absolute Gasteiger partial charge is 0.365 e. The molecule has 68 valence electrons. The first-order valence-corrected chi connectivity index (χ1v) is 4.37. The summed E-state index contributed by atoms with van der Waals surface area (Å²) in [6.07, 6.45) is 1.22. The molecule has 2 heterocycles. The van der Waals surface area contributed by atoms with Crippen LogP contribution in [-0.2, 0) is 9.53 Å². The number of nitrogens with zero attached hydrogens (tertiary/aromatic N) is 1. The van der Waals surface area contributed by atoms with Crippen LogP contribution in [0.1, 0.15) is 6.42 Å². The van der Waals surface area contributed by atoms with Crippen LogP contribution in [-0.4, -0.2) is 49.7 Å². The molecule has 2 aliphatic rings. The monoisotopic (exact) mass is 170 g/mol. The summed E-state index contributed by atoms with van der Waals surface area (Å²) in [5.74, 6) is 0.109. The van der Waals surface area contributed by atoms with Gasteiger partial charge in [-0.05, 0) is 13.0 Å². The summed E-state index contributed by atoms with van der Waals surface area (Å²) in [5, 5.41) is 3.26. The first kappa shape index (κ1) is 8.01. The second kappa shape index (κ2) is 3.03. The van der Waals surface area contributed by atoms with Gasteiger partial charge in [-0.2, -0.15) is 0 Å². The van der Waals surface area contributed by atoms with Crippen molar-refractivity contribution in [3.8, 4) is 0 Å². The Morgan fingerprint density at radius 2 is 2.50 bits per heavy atom. The number of fused-ring (bicyclic) bond motifs is 1. The number of amides is 1. The van der Waals surface area contributed by atoms with Gasteiger partial charge in [-0.3, -0.25) is 4.79 Å². The highest BCUT2D eigenvalue weighted by Gasteiger charge is 2.35. The maximum atomic E-state index is 11.2. The van der Waals surface area contributed by atoms with Gasteiger partial charge in [0, 0.05) is 13.6 Å². The molecule has 0 aromatic heterocycles. The van der Waals surface area contributed by atoms with Gasteiger partial charge in [-0.1, -0.05) is 0 Å². The molecule has 12 heavy (non-hydrogen) atoms. The van der Waals surface area contributed by atoms with E-state index in [-0.39, 0.29) is 18.6 Å². The normalized spacial score (nSPS) is 36.4. The minimum absolute atomic E-state index is 0.109. The molecule has 0 radical (unpaired) electrons. The number of ether oxygens (including phenoxy) is 1. The molecule has 1 amide bonds. The highest BCUT2D eigenvalue weighted by Crippen LogP contribution is 2.18. The van der Waals surface area contributed by atoms with Crippen molar-refractivity contribution in [1.82, 2.24) is 10.2 Å². The standard InChI is InChI=1S/C8H14N2O2/c1-10-6-2-3-9-4-7(6)12-5-8(10)11/h6-7,9H,2-5H2,1H3/t6?,7-/m1/s1. The third-order valence-electron chi connectivity index (χ3n) is 2.70. The molecule has 2 rings (SSSR count). The molecule has 0 aromatic rings. The van der Waals surface area contributed by atoms with Crippen LogP contribution < -0.4 is 5.32 Å². The molecule has 0 aromatic carbocycles. The Hall–Kier alpha value is -0.610. The van der Waals surface area contributed by atoms with E-state index < -0.39 is 0 Å². The molecule has 0 bridgehead atoms. The van der Waals surface area contributed by atoms with E-state index in [0.717, 1.165) is 19.5 Å². The zero-order chi connectivity index (χ0) is 8.55. The summed E-state index contributed by atoms with van der Waals surface area (Å²) in [7, 11) is 1.87. The van der Waals surface area contributed by atoms with Gasteiger partial charge >= 0.3 is 0 Å². The minimum Gasteiger partial charge on any atom is -0.365 e. The fourth-order valence-corrected chi connectivity index (χ4v) is 1.89. The number of nitrogens with one attached hydrogen (secondary N) is 1. The number of carbonyl (C=O) groups excluding carboxylic acids is 1. The van der Waals surface area contributed by atoms with Gasteiger partial charge in [-0.25, -0.2) is 0 Å². The van der Waals surface area contributed by atoms with E-state index in [1.165, 1.54) is 0 Å². The minimum atomic E-state index is 0.109. The van der Waals surface area contributed by atoms with Crippen molar-refractivity contribution < 1.29 is 9.53 Å². The molecule has 2 atom stereocenters. The quantitative estimate of drug-likeness (QED) is 0.518. The predicted molar refractivity (Wildman–Crippen MR) is 43.8 cm³/mol. The average Bonchev–Trinajstić information content (AvgIpc) is 2.12. The number of rotatable bonds is 0. The lowest BCUT2D eigenvalue weighted by molar-refractivity contribution is -0.156. The van der Waals surface area contributed by atoms with Crippen molar-refractivity contribution in [2.24, 2.45) is 0 Å². The Bertz CT molecular complexity index is 195. The summed E-state index contributed by atoms with van der Waals surface area (Å²) in [5.41, 5.74) is 0. The van der Waals surface area contributed by atoms with Gasteiger partial charge in [0.05, 0.1) is 12.1 Å². The average molecular weight is 170 g/mol. The van der Waals surface area contributed by atoms with E-state index in [2.05, 4.69) is 5.32 Å². The van der Waals surface area contributed by atoms with Crippen molar-refractivity contribution in [3.05, 3.63) is 0 Å². The lowest BCUT2D eigenvalue weighted by Gasteiger charge is -2.41. The van der Waals surface area contributed by atoms with Gasteiger partial charge in [0.25, 0.3) is 0 Å². The number of piperidine rings is 1. The third kappa shape index (κ3) is 1.21. The van der Waals surface area contributed by atoms with E-state index in [0.29, 0.717) is 6.04 Å². The Labute approximate surface area is 71.9 Å². The number of hydrogen-bond acceptors (Lipinski definition) is 3. The predicted octanol–water partition coefficient (Wildman–Crippen LogP) is -0.794. The van der Waals surface area contributed by atoms with E-state index in [9.17, 15) is 4.79 Å². The Morgan fingerprint density at radius 1 is 1.67 bits per heavy atom. The lowest BCUT2D eigenvalue weighted by Crippen LogP contribution is -2.59. The summed E-state index contributed by atoms with van der Waals surface area (Å²) < 4.78 is 5.41. The maximum Gasteiger partial charge on any atom is 0.248 e. The SMILES string of the molecule is CN1C(=O)CO[C@@H]2CNCCC21. The van der Waals surface area contributed by atoms with E-state index in [1.54, 1.807) is 0 Å². The number of hydrogen-bond donors (Lipinski definition) is 1. The van der Waals surface area contributed by atoms with Crippen LogP contribution in [0.15, 0.2) is 0 Å². The third-order valence-corrected chi connectivity index (χ3v) is 2.70. The van der Waals surface area contributed by atoms with Crippen molar-refractivity contribution >= 4 is 5.91 Å². The Morgan fingerprint density at radius 3 is 3.33 bits per heavy atom. The molecule has 4 nitrogen and oxygen atoms in total. The van der Waals surface area contributed by atoms with Crippen molar-refractivity contribution in [2.75, 3.05) is 26.7 Å². The maximum absolute atomic E-state index is 11.2. The van der Waals surface area contributed by atoms with Crippen LogP contribution >= 0.6 is 0 Å². The van der Waals surface area contributed by atoms with Gasteiger partial charge < -0.3 is 15.0 Å². The van der Waals surface area contributed by atoms with Crippen LogP contribution in [0.3, 0.4) is 0 Å². The van der Waals surface area contributed by atoms with Gasteiger partial charge in [-0.15, -0.1) is 0 Å². The lowest BCUT2D eigenvalue weighted by atomic mass is 10.0. The molecule has 0 spiro atoms. The second-order valence-electron chi connectivity index (χ2n) is 3.41. The Kier molecular flexibility index (Phi) is 2.02. The van der Waals surface area contributed by atoms with Crippen molar-refractivity contribution in [2.45, 2.75) is 18.6 Å². The molecule has 1 unspecified atom stereocenters. The molecule has 4 heteroatoms. The van der Waals surface area contributed by atoms with E-state index >= 15 is 0 Å². The smallest absolute Gasteiger partial charge is 0.248 e. The first-order chi connectivity index (χ1) is 5.79. The summed E-state index contributed by atoms with van der Waals surface area (Å²) >= 11 is 0. The van der Waals surface area contributed by atoms with Gasteiger partial charge in [0.2, 0.25) is 5.91 Å². The van der Waals surface area contributed by atoms with Crippen LogP contribution in [0.25, 0.3) is 0 Å². The highest BCUT2D eigenvalue weighted by molar-refractivity contribution is 5.78. The van der Waals surface area contributed by atoms with Crippen molar-refractivity contribution in [1.29, 1.82) is 0 Å². The molecule has 0 aliphatic carbocycles. The fourth-order valence-electron chi connectivity index (χ4n) is 1.89. The van der Waals surface area contributed by atoms with Crippen LogP contribution in [0.4, 0.5) is 0 Å². The fraction of sp³-hybridized carbons (Fsp3) is 0.875. The zero-order valence-corrected chi connectivity index (χ0v) is 7.25. The van der Waals surface area contributed by atoms with E-state index in [1.807, 2.05) is 11.9 Å². The summed E-state index contributed by atoms with van der Waals surface area (Å²) in [6, 6.07) is 0.299. The first-order valence-electron chi connectivity index (χ1n) is 4.37. The summed E-state index contributed by atoms with van der Waals surface area (Å²) in [4.78, 5) is 13.1. The summed E-state index contributed by atoms with van der Waals surface area (Å²) in [6.45, 7) is 2.11. The molecular weight excluding hydrogens is 156 g/mol. The van der Waals surface area contributed by atoms with Crippen LogP contribution in [0.5, 0.6) is 0 Å². The number of carbonyl (C=O) groups is 1. The van der Waals surface area contributed by atoms with E-state index in [4.69, 9.17) is 4.74 Å². The zero-order valence-electron chi connectivity index (χ0n) is 7.25. The number of morpholine rings is 1. The molecule has 2 aliphatic heterocycles. The second-order valence-corrected chi connectivity index (χ2v) is 3.41. The molecule has 1 N–H and O–H groups in total. The highest BCUT2D eigenvalue weighted by atomic mass is 16.5. The van der Waals surface area contributed by atoms with Gasteiger partial charge in [0.15, 0.2) is 0 Å². The molecule has 2 fully saturated rings. The Balaban J connectivity index is 2.08. The van der Waals surface area contributed by atoms with Crippen LogP contribution in [0.2, 0.25) is 0 Å². The number of likely N-dealkylation sites (N-methyl/N-ethyl adjacent to an activating group) is 1. The van der Waals surface area contributed by atoms with Crippen LogP contribution in [0, 0.1) is 0 Å². The topological polar surface area (TPSA) is 41.6 Å². The molecular formula is C8H14N2O2. The molecule has 2 saturated heterocycles.